The van der Waals surface area contributed by atoms with Gasteiger partial charge in [0.2, 0.25) is 5.96 Å². The second-order valence-corrected chi connectivity index (χ2v) is 14.4. The van der Waals surface area contributed by atoms with Gasteiger partial charge in [-0.3, -0.25) is 20.7 Å². The maximum Gasteiger partial charge on any atom is 0.320 e. The van der Waals surface area contributed by atoms with E-state index in [1.165, 1.54) is 0 Å². The third-order valence-electron chi connectivity index (χ3n) is 9.43. The Morgan fingerprint density at radius 1 is 1.02 bits per heavy atom. The summed E-state index contributed by atoms with van der Waals surface area (Å²) in [4.78, 5) is 20.3. The fraction of sp³-hybridized carbons (Fsp3) is 0.436. The first-order valence-corrected chi connectivity index (χ1v) is 17.7. The molecule has 0 unspecified atom stereocenters. The number of nitrogens with one attached hydrogen (secondary N) is 4. The van der Waals surface area contributed by atoms with E-state index in [-0.39, 0.29) is 60.1 Å². The average molecular weight is 697 g/mol. The molecule has 1 fully saturated rings. The number of carbonyl (C=O) groups excluding carboxylic acids is 1. The molecule has 3 aromatic rings. The number of carbonyl (C=O) groups is 1. The Balaban J connectivity index is 1.33. The fourth-order valence-corrected chi connectivity index (χ4v) is 6.59. The van der Waals surface area contributed by atoms with Crippen LogP contribution < -0.4 is 31.3 Å². The van der Waals surface area contributed by atoms with Crippen LogP contribution in [0.2, 0.25) is 0 Å². The summed E-state index contributed by atoms with van der Waals surface area (Å²) in [5, 5.41) is 32.7. The molecule has 1 saturated heterocycles. The number of piperidine rings is 1. The van der Waals surface area contributed by atoms with Crippen molar-refractivity contribution in [2.24, 2.45) is 16.1 Å². The number of aliphatic hydroxyl groups is 1. The van der Waals surface area contributed by atoms with Gasteiger partial charge in [0.15, 0.2) is 0 Å². The van der Waals surface area contributed by atoms with Gasteiger partial charge in [-0.15, -0.1) is 0 Å². The molecule has 2 aliphatic rings. The predicted octanol–water partition coefficient (Wildman–Crippen LogP) is 6.26. The number of benzene rings is 2. The Labute approximate surface area is 300 Å². The van der Waals surface area contributed by atoms with Gasteiger partial charge in [0, 0.05) is 35.3 Å². The normalized spacial score (nSPS) is 21.0. The van der Waals surface area contributed by atoms with Crippen molar-refractivity contribution in [1.82, 2.24) is 20.1 Å². The van der Waals surface area contributed by atoms with E-state index < -0.39 is 6.03 Å². The van der Waals surface area contributed by atoms with Crippen molar-refractivity contribution < 1.29 is 19.4 Å². The lowest BCUT2D eigenvalue weighted by Gasteiger charge is -2.41. The Hall–Kier alpha value is -5.10. The zero-order valence-electron chi connectivity index (χ0n) is 30.3. The molecule has 5 rings (SSSR count). The van der Waals surface area contributed by atoms with Gasteiger partial charge in [0.1, 0.15) is 35.5 Å². The van der Waals surface area contributed by atoms with E-state index in [1.54, 1.807) is 53.2 Å². The van der Waals surface area contributed by atoms with E-state index in [4.69, 9.17) is 31.1 Å². The van der Waals surface area contributed by atoms with Crippen molar-refractivity contribution in [1.29, 1.82) is 10.8 Å². The van der Waals surface area contributed by atoms with Gasteiger partial charge in [-0.1, -0.05) is 51.1 Å². The number of fused-ring (bicyclic) bond motifs is 1. The van der Waals surface area contributed by atoms with Crippen LogP contribution in [0.4, 0.5) is 10.5 Å². The molecule has 4 atom stereocenters. The number of aliphatic imine (C=N–C) groups is 1. The first-order chi connectivity index (χ1) is 24.3. The molecule has 1 aliphatic carbocycles. The largest absolute Gasteiger partial charge is 0.491 e. The highest BCUT2D eigenvalue weighted by Crippen LogP contribution is 2.38. The van der Waals surface area contributed by atoms with E-state index in [0.29, 0.717) is 35.7 Å². The van der Waals surface area contributed by atoms with E-state index in [0.717, 1.165) is 30.4 Å². The Morgan fingerprint density at radius 2 is 1.75 bits per heavy atom. The minimum atomic E-state index is -0.426. The standard InChI is InChI=1S/C39H52N8O4/c1-25-10-8-11-26(2)47(25)37(42)46-24-29(16-19-35(46)41)51-33-18-17-32(30-14-6-7-15-31(30)33)44-38(49)45-36(23-34(40)39(3,4)5)43-27-12-9-13-28(22-27)50-21-20-48/h6-7,9,12-16,19,22-26,32-33,41-42,48H,8,10-11,17-18,20-21,40H2,1-5H3,(H2,43,44,45,49)/t25-,26+,32-,33+/m0/s1. The SMILES string of the molecule is C[C@@H]1CCC[C@H](C)N1C(=N)n1cc(O[C@@H]2CC[C@H](NC(=O)NC(C=C(N)C(C)(C)C)=Nc3cccc(OCCO)c3)c3ccccc32)ccc1=N. The molecular weight excluding hydrogens is 644 g/mol. The molecule has 0 radical (unpaired) electrons. The average Bonchev–Trinajstić information content (AvgIpc) is 3.08. The number of aliphatic hydroxyl groups excluding tert-OH is 1. The Bertz CT molecular complexity index is 1820. The summed E-state index contributed by atoms with van der Waals surface area (Å²) in [5.74, 6) is 1.68. The molecule has 2 heterocycles. The third-order valence-corrected chi connectivity index (χ3v) is 9.43. The molecule has 12 nitrogen and oxygen atoms in total. The van der Waals surface area contributed by atoms with E-state index >= 15 is 0 Å². The number of rotatable bonds is 8. The van der Waals surface area contributed by atoms with Crippen molar-refractivity contribution in [2.75, 3.05) is 13.2 Å². The maximum atomic E-state index is 13.5. The van der Waals surface area contributed by atoms with Crippen LogP contribution in [0.25, 0.3) is 0 Å². The highest BCUT2D eigenvalue weighted by Gasteiger charge is 2.31. The van der Waals surface area contributed by atoms with Crippen molar-refractivity contribution in [2.45, 2.75) is 91.0 Å². The summed E-state index contributed by atoms with van der Waals surface area (Å²) in [6.07, 6.45) is 7.58. The van der Waals surface area contributed by atoms with Crippen molar-refractivity contribution in [3.8, 4) is 11.5 Å². The molecule has 12 heteroatoms. The highest BCUT2D eigenvalue weighted by atomic mass is 16.5. The number of amides is 2. The lowest BCUT2D eigenvalue weighted by Crippen LogP contribution is -2.51. The number of hydrogen-bond donors (Lipinski definition) is 6. The highest BCUT2D eigenvalue weighted by molar-refractivity contribution is 6.05. The van der Waals surface area contributed by atoms with Crippen LogP contribution in [0.3, 0.4) is 0 Å². The fourth-order valence-electron chi connectivity index (χ4n) is 6.59. The summed E-state index contributed by atoms with van der Waals surface area (Å²) >= 11 is 0. The lowest BCUT2D eigenvalue weighted by atomic mass is 9.85. The van der Waals surface area contributed by atoms with Gasteiger partial charge in [0.05, 0.1) is 24.5 Å². The first kappa shape index (κ1) is 37.2. The van der Waals surface area contributed by atoms with Crippen LogP contribution in [0.1, 0.15) is 90.0 Å². The number of hydrogen-bond acceptors (Lipinski definition) is 8. The summed E-state index contributed by atoms with van der Waals surface area (Å²) in [6, 6.07) is 18.2. The smallest absolute Gasteiger partial charge is 0.320 e. The molecular formula is C39H52N8O4. The number of amidine groups is 1. The number of nitrogens with two attached hydrogens (primary N) is 1. The molecule has 2 aromatic carbocycles. The first-order valence-electron chi connectivity index (χ1n) is 17.7. The number of ether oxygens (including phenoxy) is 2. The second kappa shape index (κ2) is 16.3. The van der Waals surface area contributed by atoms with Crippen LogP contribution >= 0.6 is 0 Å². The summed E-state index contributed by atoms with van der Waals surface area (Å²) in [7, 11) is 0. The van der Waals surface area contributed by atoms with Crippen LogP contribution in [0.15, 0.2) is 83.6 Å². The molecule has 51 heavy (non-hydrogen) atoms. The summed E-state index contributed by atoms with van der Waals surface area (Å²) in [5.41, 5.74) is 9.29. The minimum Gasteiger partial charge on any atom is -0.491 e. The topological polar surface area (TPSA) is 174 Å². The van der Waals surface area contributed by atoms with Crippen molar-refractivity contribution in [3.63, 3.8) is 0 Å². The summed E-state index contributed by atoms with van der Waals surface area (Å²) in [6.45, 7) is 10.3. The number of allylic oxidation sites excluding steroid dienone is 1. The predicted molar refractivity (Wildman–Crippen MR) is 199 cm³/mol. The monoisotopic (exact) mass is 696 g/mol. The van der Waals surface area contributed by atoms with Gasteiger partial charge < -0.3 is 30.5 Å². The Morgan fingerprint density at radius 3 is 2.45 bits per heavy atom. The molecule has 7 N–H and O–H groups in total. The van der Waals surface area contributed by atoms with Crippen LogP contribution in [0.5, 0.6) is 11.5 Å². The van der Waals surface area contributed by atoms with Gasteiger partial charge in [-0.05, 0) is 81.3 Å². The molecule has 1 aromatic heterocycles. The van der Waals surface area contributed by atoms with E-state index in [2.05, 4.69) is 34.4 Å². The van der Waals surface area contributed by atoms with Crippen molar-refractivity contribution >= 4 is 23.5 Å². The van der Waals surface area contributed by atoms with Gasteiger partial charge in [0.25, 0.3) is 0 Å². The zero-order chi connectivity index (χ0) is 36.7. The van der Waals surface area contributed by atoms with E-state index in [1.807, 2.05) is 45.0 Å². The molecule has 1 aliphatic heterocycles. The van der Waals surface area contributed by atoms with E-state index in [9.17, 15) is 4.79 Å². The molecule has 2 amide bonds. The maximum absolute atomic E-state index is 13.5. The lowest BCUT2D eigenvalue weighted by molar-refractivity contribution is 0.169. The molecule has 272 valence electrons. The van der Waals surface area contributed by atoms with Gasteiger partial charge in [-0.25, -0.2) is 9.79 Å². The third kappa shape index (κ3) is 9.37. The van der Waals surface area contributed by atoms with Crippen LogP contribution in [-0.2, 0) is 0 Å². The molecule has 0 saturated carbocycles. The summed E-state index contributed by atoms with van der Waals surface area (Å²) < 4.78 is 13.7. The zero-order valence-corrected chi connectivity index (χ0v) is 30.3. The Kier molecular flexibility index (Phi) is 11.9. The van der Waals surface area contributed by atoms with Gasteiger partial charge in [-0.2, -0.15) is 0 Å². The number of urea groups is 1. The van der Waals surface area contributed by atoms with Crippen LogP contribution in [-0.4, -0.2) is 57.7 Å². The van der Waals surface area contributed by atoms with Gasteiger partial charge >= 0.3 is 6.03 Å². The van der Waals surface area contributed by atoms with Crippen molar-refractivity contribution in [3.05, 3.63) is 95.2 Å². The molecule has 0 spiro atoms. The number of aromatic nitrogens is 1. The number of nitrogens with zero attached hydrogens (tertiary/aromatic N) is 3. The number of likely N-dealkylation sites (tertiary alicyclic amines) is 1. The quantitative estimate of drug-likeness (QED) is 0.120. The molecule has 0 bridgehead atoms. The number of pyridine rings is 1. The minimum absolute atomic E-state index is 0.106. The van der Waals surface area contributed by atoms with Crippen LogP contribution in [0, 0.1) is 16.2 Å². The second-order valence-electron chi connectivity index (χ2n) is 14.4.